The fraction of sp³-hybridized carbons (Fsp3) is 0.0769. The van der Waals surface area contributed by atoms with E-state index in [1.165, 1.54) is 29.4 Å². The Balaban J connectivity index is 2.22. The van der Waals surface area contributed by atoms with E-state index in [2.05, 4.69) is 5.32 Å². The molecule has 2 aromatic rings. The molecule has 0 fully saturated rings. The van der Waals surface area contributed by atoms with Crippen molar-refractivity contribution in [1.29, 1.82) is 0 Å². The third-order valence-electron chi connectivity index (χ3n) is 2.57. The minimum atomic E-state index is -1.06. The number of hydrogen-bond acceptors (Lipinski definition) is 3. The van der Waals surface area contributed by atoms with Crippen LogP contribution in [0.3, 0.4) is 0 Å². The van der Waals surface area contributed by atoms with Crippen molar-refractivity contribution in [2.75, 3.05) is 17.3 Å². The molecule has 1 aromatic carbocycles. The molecule has 6 heteroatoms. The Morgan fingerprint density at radius 3 is 2.63 bits per heavy atom. The molecular formula is C13H12N2O3S. The first kappa shape index (κ1) is 13.1. The largest absolute Gasteiger partial charge is 0.478 e. The highest BCUT2D eigenvalue weighted by atomic mass is 32.1. The molecule has 0 aliphatic carbocycles. The van der Waals surface area contributed by atoms with Crippen LogP contribution in [0, 0.1) is 0 Å². The van der Waals surface area contributed by atoms with Crippen LogP contribution >= 0.6 is 11.3 Å². The molecular weight excluding hydrogens is 264 g/mol. The number of benzene rings is 1. The average Bonchev–Trinajstić information content (AvgIpc) is 2.90. The fourth-order valence-electron chi connectivity index (χ4n) is 1.60. The van der Waals surface area contributed by atoms with E-state index in [1.807, 2.05) is 5.38 Å². The van der Waals surface area contributed by atoms with Crippen LogP contribution in [-0.4, -0.2) is 24.2 Å². The highest BCUT2D eigenvalue weighted by molar-refractivity contribution is 7.08. The number of amides is 2. The fourth-order valence-corrected chi connectivity index (χ4v) is 2.19. The van der Waals surface area contributed by atoms with Crippen LogP contribution in [-0.2, 0) is 0 Å². The minimum Gasteiger partial charge on any atom is -0.478 e. The van der Waals surface area contributed by atoms with Gasteiger partial charge < -0.3 is 10.4 Å². The van der Waals surface area contributed by atoms with Crippen LogP contribution in [0.4, 0.5) is 16.2 Å². The summed E-state index contributed by atoms with van der Waals surface area (Å²) in [6, 6.07) is 7.77. The van der Waals surface area contributed by atoms with Crippen LogP contribution in [0.1, 0.15) is 10.4 Å². The van der Waals surface area contributed by atoms with E-state index >= 15 is 0 Å². The zero-order chi connectivity index (χ0) is 13.8. The van der Waals surface area contributed by atoms with E-state index in [0.29, 0.717) is 11.4 Å². The second-order valence-corrected chi connectivity index (χ2v) is 4.60. The number of carboxylic acid groups (broad SMARTS) is 1. The van der Waals surface area contributed by atoms with Crippen molar-refractivity contribution in [2.24, 2.45) is 0 Å². The van der Waals surface area contributed by atoms with Crippen LogP contribution in [0.2, 0.25) is 0 Å². The van der Waals surface area contributed by atoms with E-state index in [1.54, 1.807) is 29.6 Å². The Morgan fingerprint density at radius 2 is 2.00 bits per heavy atom. The molecule has 2 N–H and O–H groups in total. The summed E-state index contributed by atoms with van der Waals surface area (Å²) in [6.07, 6.45) is 0. The molecule has 0 saturated heterocycles. The average molecular weight is 276 g/mol. The molecule has 0 atom stereocenters. The molecule has 0 aliphatic rings. The Bertz CT molecular complexity index is 596. The topological polar surface area (TPSA) is 69.6 Å². The molecule has 2 rings (SSSR count). The van der Waals surface area contributed by atoms with Gasteiger partial charge in [0.1, 0.15) is 0 Å². The predicted molar refractivity (Wildman–Crippen MR) is 75.1 cm³/mol. The summed E-state index contributed by atoms with van der Waals surface area (Å²) in [5, 5.41) is 15.4. The second kappa shape index (κ2) is 5.53. The zero-order valence-electron chi connectivity index (χ0n) is 10.2. The summed E-state index contributed by atoms with van der Waals surface area (Å²) in [5.74, 6) is -1.06. The lowest BCUT2D eigenvalue weighted by atomic mass is 10.1. The van der Waals surface area contributed by atoms with Gasteiger partial charge in [-0.25, -0.2) is 9.59 Å². The molecule has 2 amide bonds. The number of urea groups is 1. The third kappa shape index (κ3) is 2.92. The quantitative estimate of drug-likeness (QED) is 0.905. The number of para-hydroxylation sites is 1. The number of anilines is 2. The molecule has 0 unspecified atom stereocenters. The van der Waals surface area contributed by atoms with Gasteiger partial charge in [-0.1, -0.05) is 12.1 Å². The number of aromatic carboxylic acids is 1. The number of carboxylic acids is 1. The van der Waals surface area contributed by atoms with Gasteiger partial charge in [0.15, 0.2) is 0 Å². The van der Waals surface area contributed by atoms with Crippen LogP contribution in [0.15, 0.2) is 41.1 Å². The summed E-state index contributed by atoms with van der Waals surface area (Å²) in [7, 11) is 1.53. The highest BCUT2D eigenvalue weighted by Gasteiger charge is 2.17. The van der Waals surface area contributed by atoms with E-state index in [9.17, 15) is 9.59 Å². The van der Waals surface area contributed by atoms with Gasteiger partial charge in [-0.05, 0) is 23.6 Å². The van der Waals surface area contributed by atoms with Gasteiger partial charge in [0.05, 0.1) is 16.9 Å². The lowest BCUT2D eigenvalue weighted by Crippen LogP contribution is -2.32. The number of nitrogens with one attached hydrogen (secondary N) is 1. The number of thiophene rings is 1. The Morgan fingerprint density at radius 1 is 1.26 bits per heavy atom. The number of rotatable bonds is 3. The first-order valence-electron chi connectivity index (χ1n) is 5.49. The molecule has 0 spiro atoms. The number of hydrogen-bond donors (Lipinski definition) is 2. The Labute approximate surface area is 114 Å². The number of carbonyl (C=O) groups is 2. The van der Waals surface area contributed by atoms with Gasteiger partial charge in [0.25, 0.3) is 0 Å². The summed E-state index contributed by atoms with van der Waals surface area (Å²) in [6.45, 7) is 0. The number of nitrogens with zero attached hydrogens (tertiary/aromatic N) is 1. The zero-order valence-corrected chi connectivity index (χ0v) is 11.0. The SMILES string of the molecule is CN(C(=O)Nc1ccsc1)c1ccccc1C(=O)O. The number of carbonyl (C=O) groups excluding carboxylic acids is 1. The lowest BCUT2D eigenvalue weighted by Gasteiger charge is -2.19. The first-order chi connectivity index (χ1) is 9.09. The van der Waals surface area contributed by atoms with Gasteiger partial charge in [0.2, 0.25) is 0 Å². The van der Waals surface area contributed by atoms with E-state index in [-0.39, 0.29) is 11.6 Å². The minimum absolute atomic E-state index is 0.0884. The van der Waals surface area contributed by atoms with Crippen molar-refractivity contribution in [3.8, 4) is 0 Å². The third-order valence-corrected chi connectivity index (χ3v) is 3.26. The van der Waals surface area contributed by atoms with Crippen molar-refractivity contribution in [1.82, 2.24) is 0 Å². The molecule has 0 radical (unpaired) electrons. The summed E-state index contributed by atoms with van der Waals surface area (Å²) in [5.41, 5.74) is 1.13. The van der Waals surface area contributed by atoms with Gasteiger partial charge >= 0.3 is 12.0 Å². The molecule has 1 aromatic heterocycles. The Kier molecular flexibility index (Phi) is 3.82. The van der Waals surface area contributed by atoms with Gasteiger partial charge in [-0.3, -0.25) is 4.90 Å². The maximum absolute atomic E-state index is 12.0. The molecule has 0 saturated carbocycles. The van der Waals surface area contributed by atoms with Crippen LogP contribution in [0.25, 0.3) is 0 Å². The lowest BCUT2D eigenvalue weighted by molar-refractivity contribution is 0.0697. The predicted octanol–water partition coefficient (Wildman–Crippen LogP) is 3.11. The van der Waals surface area contributed by atoms with E-state index in [0.717, 1.165) is 0 Å². The maximum atomic E-state index is 12.0. The van der Waals surface area contributed by atoms with Crippen LogP contribution in [0.5, 0.6) is 0 Å². The van der Waals surface area contributed by atoms with Gasteiger partial charge in [-0.2, -0.15) is 11.3 Å². The van der Waals surface area contributed by atoms with Crippen molar-refractivity contribution in [3.05, 3.63) is 46.7 Å². The molecule has 1 heterocycles. The Hall–Kier alpha value is -2.34. The van der Waals surface area contributed by atoms with Gasteiger partial charge in [-0.15, -0.1) is 0 Å². The highest BCUT2D eigenvalue weighted by Crippen LogP contribution is 2.20. The van der Waals surface area contributed by atoms with E-state index < -0.39 is 5.97 Å². The molecule has 0 aliphatic heterocycles. The van der Waals surface area contributed by atoms with Gasteiger partial charge in [0, 0.05) is 12.4 Å². The van der Waals surface area contributed by atoms with Crippen molar-refractivity contribution >= 4 is 34.7 Å². The second-order valence-electron chi connectivity index (χ2n) is 3.82. The standard InChI is InChI=1S/C13H12N2O3S/c1-15(13(18)14-9-6-7-19-8-9)11-5-3-2-4-10(11)12(16)17/h2-8H,1H3,(H,14,18)(H,16,17). The molecule has 98 valence electrons. The summed E-state index contributed by atoms with van der Waals surface area (Å²) >= 11 is 1.47. The maximum Gasteiger partial charge on any atom is 0.337 e. The summed E-state index contributed by atoms with van der Waals surface area (Å²) in [4.78, 5) is 24.4. The first-order valence-corrected chi connectivity index (χ1v) is 6.43. The normalized spacial score (nSPS) is 9.95. The smallest absolute Gasteiger partial charge is 0.337 e. The monoisotopic (exact) mass is 276 g/mol. The van der Waals surface area contributed by atoms with Crippen molar-refractivity contribution in [2.45, 2.75) is 0 Å². The molecule has 5 nitrogen and oxygen atoms in total. The molecule has 0 bridgehead atoms. The molecule has 19 heavy (non-hydrogen) atoms. The van der Waals surface area contributed by atoms with Crippen molar-refractivity contribution in [3.63, 3.8) is 0 Å². The van der Waals surface area contributed by atoms with Crippen molar-refractivity contribution < 1.29 is 14.7 Å². The van der Waals surface area contributed by atoms with Crippen LogP contribution < -0.4 is 10.2 Å². The van der Waals surface area contributed by atoms with E-state index in [4.69, 9.17) is 5.11 Å². The summed E-state index contributed by atoms with van der Waals surface area (Å²) < 4.78 is 0.